The lowest BCUT2D eigenvalue weighted by molar-refractivity contribution is -0.124. The van der Waals surface area contributed by atoms with E-state index in [0.29, 0.717) is 12.2 Å². The topological polar surface area (TPSA) is 61.9 Å². The van der Waals surface area contributed by atoms with Crippen molar-refractivity contribution in [2.45, 2.75) is 19.9 Å². The predicted molar refractivity (Wildman–Crippen MR) is 108 cm³/mol. The number of anilines is 2. The summed E-state index contributed by atoms with van der Waals surface area (Å²) in [5, 5.41) is 2.83. The van der Waals surface area contributed by atoms with Crippen LogP contribution in [0.2, 0.25) is 0 Å². The number of carbonyl (C=O) groups is 2. The predicted octanol–water partition coefficient (Wildman–Crippen LogP) is 3.01. The molecule has 0 saturated heterocycles. The van der Waals surface area contributed by atoms with Crippen molar-refractivity contribution in [3.8, 4) is 5.75 Å². The van der Waals surface area contributed by atoms with Crippen molar-refractivity contribution < 1.29 is 14.3 Å². The summed E-state index contributed by atoms with van der Waals surface area (Å²) in [6.07, 6.45) is 0. The van der Waals surface area contributed by atoms with Crippen LogP contribution in [0.3, 0.4) is 0 Å². The fourth-order valence-electron chi connectivity index (χ4n) is 2.73. The van der Waals surface area contributed by atoms with E-state index in [1.54, 1.807) is 48.2 Å². The van der Waals surface area contributed by atoms with Crippen molar-refractivity contribution in [2.75, 3.05) is 37.5 Å². The molecule has 27 heavy (non-hydrogen) atoms. The van der Waals surface area contributed by atoms with Gasteiger partial charge in [0.1, 0.15) is 5.75 Å². The second kappa shape index (κ2) is 9.73. The molecule has 0 fully saturated rings. The zero-order valence-electron chi connectivity index (χ0n) is 16.3. The number of nitrogens with one attached hydrogen (secondary N) is 1. The van der Waals surface area contributed by atoms with Gasteiger partial charge < -0.3 is 15.0 Å². The molecular weight excluding hydrogens is 342 g/mol. The van der Waals surface area contributed by atoms with Crippen LogP contribution < -0.4 is 15.0 Å². The fourth-order valence-corrected chi connectivity index (χ4v) is 2.73. The highest BCUT2D eigenvalue weighted by molar-refractivity contribution is 5.98. The summed E-state index contributed by atoms with van der Waals surface area (Å²) < 4.78 is 5.10. The Bertz CT molecular complexity index is 747. The third kappa shape index (κ3) is 5.56. The van der Waals surface area contributed by atoms with Crippen LogP contribution in [0.1, 0.15) is 13.8 Å². The Morgan fingerprint density at radius 1 is 1.07 bits per heavy atom. The van der Waals surface area contributed by atoms with E-state index in [2.05, 4.69) is 5.32 Å². The number of nitrogens with zero attached hydrogens (tertiary/aromatic N) is 2. The Morgan fingerprint density at radius 3 is 2.26 bits per heavy atom. The van der Waals surface area contributed by atoms with Gasteiger partial charge in [-0.15, -0.1) is 0 Å². The number of hydrogen-bond acceptors (Lipinski definition) is 4. The highest BCUT2D eigenvalue weighted by atomic mass is 16.5. The summed E-state index contributed by atoms with van der Waals surface area (Å²) in [7, 11) is 3.37. The van der Waals surface area contributed by atoms with Crippen LogP contribution in [0.15, 0.2) is 54.6 Å². The average molecular weight is 369 g/mol. The van der Waals surface area contributed by atoms with Crippen molar-refractivity contribution in [2.24, 2.45) is 0 Å². The van der Waals surface area contributed by atoms with Gasteiger partial charge in [0.25, 0.3) is 0 Å². The first-order valence-electron chi connectivity index (χ1n) is 8.96. The molecule has 1 N–H and O–H groups in total. The van der Waals surface area contributed by atoms with Gasteiger partial charge in [-0.05, 0) is 57.3 Å². The van der Waals surface area contributed by atoms with Crippen LogP contribution in [0.5, 0.6) is 5.75 Å². The molecular formula is C21H27N3O3. The fraction of sp³-hybridized carbons (Fsp3) is 0.333. The van der Waals surface area contributed by atoms with Crippen molar-refractivity contribution in [1.29, 1.82) is 0 Å². The Balaban J connectivity index is 1.95. The number of benzene rings is 2. The van der Waals surface area contributed by atoms with E-state index < -0.39 is 6.04 Å². The van der Waals surface area contributed by atoms with Gasteiger partial charge in [0.05, 0.1) is 19.7 Å². The van der Waals surface area contributed by atoms with Crippen molar-refractivity contribution in [3.05, 3.63) is 54.6 Å². The summed E-state index contributed by atoms with van der Waals surface area (Å²) in [6, 6.07) is 16.2. The van der Waals surface area contributed by atoms with E-state index >= 15 is 0 Å². The van der Waals surface area contributed by atoms with Crippen molar-refractivity contribution in [3.63, 3.8) is 0 Å². The quantitative estimate of drug-likeness (QED) is 0.777. The number of methoxy groups -OCH3 is 1. The second-order valence-electron chi connectivity index (χ2n) is 6.29. The van der Waals surface area contributed by atoms with Crippen molar-refractivity contribution >= 4 is 23.2 Å². The molecule has 0 aliphatic heterocycles. The van der Waals surface area contributed by atoms with Crippen LogP contribution in [0.25, 0.3) is 0 Å². The first-order valence-corrected chi connectivity index (χ1v) is 8.96. The summed E-state index contributed by atoms with van der Waals surface area (Å²) in [6.45, 7) is 4.44. The van der Waals surface area contributed by atoms with Crippen LogP contribution in [0, 0.1) is 0 Å². The first kappa shape index (κ1) is 20.5. The minimum absolute atomic E-state index is 0.0385. The van der Waals surface area contributed by atoms with Gasteiger partial charge >= 0.3 is 0 Å². The lowest BCUT2D eigenvalue weighted by Gasteiger charge is -2.29. The van der Waals surface area contributed by atoms with Gasteiger partial charge in [-0.3, -0.25) is 14.5 Å². The molecule has 0 spiro atoms. The van der Waals surface area contributed by atoms with Crippen LogP contribution in [-0.2, 0) is 9.59 Å². The molecule has 0 aromatic heterocycles. The van der Waals surface area contributed by atoms with Gasteiger partial charge in [0.2, 0.25) is 11.8 Å². The number of likely N-dealkylation sites (N-methyl/N-ethyl adjacent to an activating group) is 2. The highest BCUT2D eigenvalue weighted by Gasteiger charge is 2.25. The maximum absolute atomic E-state index is 12.9. The van der Waals surface area contributed by atoms with E-state index in [1.807, 2.05) is 44.2 Å². The van der Waals surface area contributed by atoms with Gasteiger partial charge in [0, 0.05) is 17.9 Å². The Kier molecular flexibility index (Phi) is 7.37. The maximum atomic E-state index is 12.9. The normalized spacial score (nSPS) is 11.7. The SMILES string of the molecule is CCN(C(=O)[C@H](C)N(C)CC(=O)Nc1ccc(OC)cc1)c1ccccc1. The average Bonchev–Trinajstić information content (AvgIpc) is 2.69. The summed E-state index contributed by atoms with van der Waals surface area (Å²) in [4.78, 5) is 28.6. The number of ether oxygens (including phenoxy) is 1. The molecule has 2 rings (SSSR count). The molecule has 2 aromatic rings. The standard InChI is InChI=1S/C21H27N3O3/c1-5-24(18-9-7-6-8-10-18)21(26)16(2)23(3)15-20(25)22-17-11-13-19(27-4)14-12-17/h6-14,16H,5,15H2,1-4H3,(H,22,25)/t16-/m0/s1. The van der Waals surface area contributed by atoms with E-state index in [9.17, 15) is 9.59 Å². The summed E-state index contributed by atoms with van der Waals surface area (Å²) in [5.41, 5.74) is 1.54. The molecule has 144 valence electrons. The zero-order valence-corrected chi connectivity index (χ0v) is 16.3. The van der Waals surface area contributed by atoms with Gasteiger partial charge in [-0.25, -0.2) is 0 Å². The molecule has 6 nitrogen and oxygen atoms in total. The lowest BCUT2D eigenvalue weighted by Crippen LogP contribution is -2.48. The maximum Gasteiger partial charge on any atom is 0.244 e. The summed E-state index contributed by atoms with van der Waals surface area (Å²) >= 11 is 0. The number of hydrogen-bond donors (Lipinski definition) is 1. The zero-order chi connectivity index (χ0) is 19.8. The summed E-state index contributed by atoms with van der Waals surface area (Å²) in [5.74, 6) is 0.512. The molecule has 0 radical (unpaired) electrons. The number of para-hydroxylation sites is 1. The molecule has 2 amide bonds. The molecule has 0 saturated carbocycles. The van der Waals surface area contributed by atoms with Crippen LogP contribution >= 0.6 is 0 Å². The number of amides is 2. The van der Waals surface area contributed by atoms with Gasteiger partial charge in [-0.1, -0.05) is 18.2 Å². The second-order valence-corrected chi connectivity index (χ2v) is 6.29. The third-order valence-electron chi connectivity index (χ3n) is 4.44. The smallest absolute Gasteiger partial charge is 0.244 e. The monoisotopic (exact) mass is 369 g/mol. The van der Waals surface area contributed by atoms with Gasteiger partial charge in [0.15, 0.2) is 0 Å². The molecule has 0 unspecified atom stereocenters. The lowest BCUT2D eigenvalue weighted by atomic mass is 10.2. The number of carbonyl (C=O) groups excluding carboxylic acids is 2. The Labute approximate surface area is 160 Å². The van der Waals surface area contributed by atoms with Gasteiger partial charge in [-0.2, -0.15) is 0 Å². The molecule has 0 aliphatic rings. The molecule has 2 aromatic carbocycles. The largest absolute Gasteiger partial charge is 0.497 e. The third-order valence-corrected chi connectivity index (χ3v) is 4.44. The molecule has 6 heteroatoms. The van der Waals surface area contributed by atoms with E-state index in [1.165, 1.54) is 0 Å². The van der Waals surface area contributed by atoms with E-state index in [4.69, 9.17) is 4.74 Å². The van der Waals surface area contributed by atoms with E-state index in [-0.39, 0.29) is 18.4 Å². The first-order chi connectivity index (χ1) is 13.0. The van der Waals surface area contributed by atoms with Crippen LogP contribution in [0.4, 0.5) is 11.4 Å². The molecule has 0 bridgehead atoms. The molecule has 1 atom stereocenters. The Hall–Kier alpha value is -2.86. The minimum atomic E-state index is -0.424. The molecule has 0 aliphatic carbocycles. The minimum Gasteiger partial charge on any atom is -0.497 e. The van der Waals surface area contributed by atoms with Crippen LogP contribution in [-0.4, -0.2) is 50.0 Å². The van der Waals surface area contributed by atoms with Crippen molar-refractivity contribution in [1.82, 2.24) is 4.90 Å². The molecule has 0 heterocycles. The number of rotatable bonds is 8. The Morgan fingerprint density at radius 2 is 1.70 bits per heavy atom. The highest BCUT2D eigenvalue weighted by Crippen LogP contribution is 2.17. The van der Waals surface area contributed by atoms with E-state index in [0.717, 1.165) is 11.4 Å².